The van der Waals surface area contributed by atoms with Crippen LogP contribution >= 0.6 is 0 Å². The van der Waals surface area contributed by atoms with E-state index in [0.29, 0.717) is 37.8 Å². The van der Waals surface area contributed by atoms with Crippen LogP contribution in [-0.4, -0.2) is 57.6 Å². The highest BCUT2D eigenvalue weighted by Gasteiger charge is 2.28. The van der Waals surface area contributed by atoms with Crippen LogP contribution in [0.1, 0.15) is 35.3 Å². The average Bonchev–Trinajstić information content (AvgIpc) is 3.59. The average molecular weight is 462 g/mol. The third-order valence-electron chi connectivity index (χ3n) is 6.44. The minimum absolute atomic E-state index is 0.00519. The van der Waals surface area contributed by atoms with Gasteiger partial charge in [0.2, 0.25) is 5.88 Å². The molecule has 1 unspecified atom stereocenters. The first kappa shape index (κ1) is 21.1. The van der Waals surface area contributed by atoms with Gasteiger partial charge in [0.1, 0.15) is 18.5 Å². The summed E-state index contributed by atoms with van der Waals surface area (Å²) in [6.07, 6.45) is 9.10. The number of aryl methyl sites for hydroxylation is 1. The van der Waals surface area contributed by atoms with Crippen LogP contribution in [0.15, 0.2) is 42.9 Å². The summed E-state index contributed by atoms with van der Waals surface area (Å²) in [4.78, 5) is 21.4. The van der Waals surface area contributed by atoms with E-state index in [4.69, 9.17) is 14.2 Å². The van der Waals surface area contributed by atoms with Gasteiger partial charge in [-0.2, -0.15) is 5.10 Å². The van der Waals surface area contributed by atoms with Crippen molar-refractivity contribution in [3.8, 4) is 22.9 Å². The predicted molar refractivity (Wildman–Crippen MR) is 123 cm³/mol. The number of carbonyl (C=O) groups is 1. The van der Waals surface area contributed by atoms with Crippen LogP contribution in [0.2, 0.25) is 0 Å². The van der Waals surface area contributed by atoms with Crippen molar-refractivity contribution < 1.29 is 19.0 Å². The molecule has 2 aliphatic heterocycles. The maximum atomic E-state index is 12.9. The molecule has 9 heteroatoms. The van der Waals surface area contributed by atoms with E-state index in [1.54, 1.807) is 29.3 Å². The van der Waals surface area contributed by atoms with Crippen molar-refractivity contribution in [2.75, 3.05) is 19.8 Å². The topological polar surface area (TPSA) is 100 Å². The van der Waals surface area contributed by atoms with Gasteiger partial charge in [-0.3, -0.25) is 14.8 Å². The van der Waals surface area contributed by atoms with Crippen LogP contribution in [0.25, 0.3) is 11.3 Å². The van der Waals surface area contributed by atoms with Gasteiger partial charge in [0.25, 0.3) is 5.91 Å². The molecule has 34 heavy (non-hydrogen) atoms. The third-order valence-corrected chi connectivity index (χ3v) is 6.44. The molecule has 4 heterocycles. The second-order valence-corrected chi connectivity index (χ2v) is 9.20. The molecule has 0 radical (unpaired) electrons. The summed E-state index contributed by atoms with van der Waals surface area (Å²) in [5, 5.41) is 7.51. The number of ether oxygens (including phenoxy) is 3. The lowest BCUT2D eigenvalue weighted by molar-refractivity contribution is 0.0221. The van der Waals surface area contributed by atoms with Gasteiger partial charge >= 0.3 is 0 Å². The van der Waals surface area contributed by atoms with E-state index < -0.39 is 0 Å². The van der Waals surface area contributed by atoms with Crippen molar-refractivity contribution in [1.82, 2.24) is 25.1 Å². The molecule has 3 aromatic rings. The van der Waals surface area contributed by atoms with Crippen LogP contribution < -0.4 is 14.8 Å². The lowest BCUT2D eigenvalue weighted by Crippen LogP contribution is -2.42. The number of amides is 1. The maximum Gasteiger partial charge on any atom is 0.272 e. The number of benzene rings is 1. The third kappa shape index (κ3) is 4.61. The normalized spacial score (nSPS) is 21.1. The summed E-state index contributed by atoms with van der Waals surface area (Å²) in [5.41, 5.74) is 3.16. The second-order valence-electron chi connectivity index (χ2n) is 9.20. The zero-order valence-electron chi connectivity index (χ0n) is 18.9. The van der Waals surface area contributed by atoms with Crippen LogP contribution in [0.4, 0.5) is 0 Å². The molecule has 0 bridgehead atoms. The highest BCUT2D eigenvalue weighted by atomic mass is 16.5. The number of carbonyl (C=O) groups excluding carboxylic acids is 1. The summed E-state index contributed by atoms with van der Waals surface area (Å²) in [6, 6.07) is 7.53. The van der Waals surface area contributed by atoms with Gasteiger partial charge in [0.05, 0.1) is 24.5 Å². The fourth-order valence-corrected chi connectivity index (χ4v) is 4.38. The predicted octanol–water partition coefficient (Wildman–Crippen LogP) is 2.65. The lowest BCUT2D eigenvalue weighted by Gasteiger charge is -2.26. The Kier molecular flexibility index (Phi) is 5.62. The highest BCUT2D eigenvalue weighted by molar-refractivity contribution is 5.92. The Morgan fingerprint density at radius 2 is 2.12 bits per heavy atom. The van der Waals surface area contributed by atoms with E-state index >= 15 is 0 Å². The molecule has 9 nitrogen and oxygen atoms in total. The molecule has 1 aromatic carbocycles. The molecule has 2 aromatic heterocycles. The number of rotatable bonds is 7. The van der Waals surface area contributed by atoms with Gasteiger partial charge in [0, 0.05) is 43.6 Å². The van der Waals surface area contributed by atoms with Gasteiger partial charge in [0.15, 0.2) is 5.69 Å². The monoisotopic (exact) mass is 461 g/mol. The number of aromatic nitrogens is 4. The fourth-order valence-electron chi connectivity index (χ4n) is 4.38. The minimum atomic E-state index is -0.228. The van der Waals surface area contributed by atoms with Crippen LogP contribution in [0.3, 0.4) is 0 Å². The molecule has 0 saturated heterocycles. The van der Waals surface area contributed by atoms with Crippen molar-refractivity contribution in [2.24, 2.45) is 5.92 Å². The van der Waals surface area contributed by atoms with Crippen molar-refractivity contribution in [1.29, 1.82) is 0 Å². The zero-order valence-corrected chi connectivity index (χ0v) is 18.9. The summed E-state index contributed by atoms with van der Waals surface area (Å²) in [6.45, 7) is 2.52. The first-order chi connectivity index (χ1) is 16.7. The quantitative estimate of drug-likeness (QED) is 0.577. The maximum absolute atomic E-state index is 12.9. The van der Waals surface area contributed by atoms with Gasteiger partial charge in [-0.1, -0.05) is 0 Å². The van der Waals surface area contributed by atoms with E-state index in [2.05, 4.69) is 20.4 Å². The fraction of sp³-hybridized carbons (Fsp3) is 0.440. The number of fused-ring (bicyclic) bond motifs is 2. The SMILES string of the molecule is O=C(N[C@H]1COc2ccc(-c3cnccn3)cc2C1)c1cc2n(n1)CCC(COCC1CC1)O2. The van der Waals surface area contributed by atoms with E-state index in [-0.39, 0.29) is 18.1 Å². The molecular formula is C25H27N5O4. The molecule has 2 atom stereocenters. The number of hydrogen-bond donors (Lipinski definition) is 1. The Hall–Kier alpha value is -3.46. The standard InChI is InChI=1S/C25H27N5O4/c31-25(21-11-24-30(29-21)8-5-20(34-24)15-32-13-16-1-2-16)28-19-10-18-9-17(3-4-23(18)33-14-19)22-12-26-6-7-27-22/h3-4,6-7,9,11-12,16,19-20H,1-2,5,8,10,13-15H2,(H,28,31)/t19-,20?/m1/s1. The zero-order chi connectivity index (χ0) is 22.9. The molecule has 6 rings (SSSR count). The van der Waals surface area contributed by atoms with Crippen LogP contribution in [0.5, 0.6) is 11.6 Å². The Morgan fingerprint density at radius 1 is 1.18 bits per heavy atom. The van der Waals surface area contributed by atoms with Crippen LogP contribution in [-0.2, 0) is 17.7 Å². The smallest absolute Gasteiger partial charge is 0.272 e. The second kappa shape index (κ2) is 9.06. The van der Waals surface area contributed by atoms with Crippen molar-refractivity contribution in [3.63, 3.8) is 0 Å². The van der Waals surface area contributed by atoms with E-state index in [1.165, 1.54) is 12.8 Å². The Morgan fingerprint density at radius 3 is 2.97 bits per heavy atom. The van der Waals surface area contributed by atoms with Gasteiger partial charge in [-0.25, -0.2) is 4.68 Å². The van der Waals surface area contributed by atoms with Gasteiger partial charge in [-0.15, -0.1) is 0 Å². The Labute approximate surface area is 197 Å². The summed E-state index contributed by atoms with van der Waals surface area (Å²) in [7, 11) is 0. The minimum Gasteiger partial charge on any atom is -0.491 e. The van der Waals surface area contributed by atoms with Crippen molar-refractivity contribution in [3.05, 3.63) is 54.1 Å². The molecule has 1 N–H and O–H groups in total. The first-order valence-electron chi connectivity index (χ1n) is 11.9. The van der Waals surface area contributed by atoms with Crippen molar-refractivity contribution in [2.45, 2.75) is 44.4 Å². The lowest BCUT2D eigenvalue weighted by atomic mass is 9.99. The molecular weight excluding hydrogens is 434 g/mol. The van der Waals surface area contributed by atoms with Gasteiger partial charge in [-0.05, 0) is 48.9 Å². The summed E-state index contributed by atoms with van der Waals surface area (Å²) < 4.78 is 19.5. The van der Waals surface area contributed by atoms with E-state index in [0.717, 1.165) is 41.5 Å². The van der Waals surface area contributed by atoms with E-state index in [9.17, 15) is 4.79 Å². The summed E-state index contributed by atoms with van der Waals surface area (Å²) in [5.74, 6) is 1.96. The largest absolute Gasteiger partial charge is 0.491 e. The Balaban J connectivity index is 1.08. The van der Waals surface area contributed by atoms with Crippen molar-refractivity contribution >= 4 is 5.91 Å². The first-order valence-corrected chi connectivity index (χ1v) is 11.9. The molecule has 1 saturated carbocycles. The van der Waals surface area contributed by atoms with Crippen LogP contribution in [0, 0.1) is 5.92 Å². The molecule has 1 aliphatic carbocycles. The molecule has 1 amide bonds. The number of nitrogens with zero attached hydrogens (tertiary/aromatic N) is 4. The molecule has 176 valence electrons. The molecule has 1 fully saturated rings. The highest BCUT2D eigenvalue weighted by Crippen LogP contribution is 2.30. The van der Waals surface area contributed by atoms with Gasteiger partial charge < -0.3 is 19.5 Å². The molecule has 3 aliphatic rings. The Bertz CT molecular complexity index is 1180. The molecule has 0 spiro atoms. The number of nitrogens with one attached hydrogen (secondary N) is 1. The number of hydrogen-bond acceptors (Lipinski definition) is 7. The van der Waals surface area contributed by atoms with E-state index in [1.807, 2.05) is 18.2 Å². The summed E-state index contributed by atoms with van der Waals surface area (Å²) >= 11 is 0.